The first-order valence-electron chi connectivity index (χ1n) is 7.93. The number of hydrogen-bond donors (Lipinski definition) is 1. The molecule has 1 heterocycles. The van der Waals surface area contributed by atoms with Crippen LogP contribution in [-0.4, -0.2) is 28.5 Å². The zero-order valence-corrected chi connectivity index (χ0v) is 14.3. The van der Waals surface area contributed by atoms with Gasteiger partial charge in [0.2, 0.25) is 0 Å². The summed E-state index contributed by atoms with van der Waals surface area (Å²) in [6, 6.07) is 14.8. The third-order valence-electron chi connectivity index (χ3n) is 4.12. The molecule has 0 aliphatic carbocycles. The fourth-order valence-corrected chi connectivity index (χ4v) is 2.85. The van der Waals surface area contributed by atoms with Crippen LogP contribution in [0.15, 0.2) is 42.5 Å². The second-order valence-corrected chi connectivity index (χ2v) is 6.32. The molecule has 0 saturated carbocycles. The summed E-state index contributed by atoms with van der Waals surface area (Å²) in [6.45, 7) is 3.80. The lowest BCUT2D eigenvalue weighted by Gasteiger charge is -2.14. The first-order valence-corrected chi connectivity index (χ1v) is 7.93. The zero-order valence-electron chi connectivity index (χ0n) is 14.3. The van der Waals surface area contributed by atoms with E-state index in [4.69, 9.17) is 4.98 Å². The molecule has 0 atom stereocenters. The average Bonchev–Trinajstić information content (AvgIpc) is 2.84. The summed E-state index contributed by atoms with van der Waals surface area (Å²) in [5, 5.41) is 3.54. The van der Waals surface area contributed by atoms with Crippen LogP contribution in [0.25, 0.3) is 11.0 Å². The average molecular weight is 308 g/mol. The van der Waals surface area contributed by atoms with Crippen molar-refractivity contribution in [1.82, 2.24) is 14.5 Å². The van der Waals surface area contributed by atoms with Crippen molar-refractivity contribution >= 4 is 16.7 Å². The molecule has 0 fully saturated rings. The van der Waals surface area contributed by atoms with E-state index in [1.54, 1.807) is 0 Å². The number of imidazole rings is 1. The minimum absolute atomic E-state index is 0.720. The van der Waals surface area contributed by atoms with E-state index in [0.717, 1.165) is 24.4 Å². The van der Waals surface area contributed by atoms with Crippen LogP contribution in [0.3, 0.4) is 0 Å². The number of aryl methyl sites for hydroxylation is 2. The fraction of sp³-hybridized carbons (Fsp3) is 0.316. The van der Waals surface area contributed by atoms with Crippen LogP contribution in [0.4, 0.5) is 5.69 Å². The van der Waals surface area contributed by atoms with Gasteiger partial charge in [0.1, 0.15) is 5.82 Å². The lowest BCUT2D eigenvalue weighted by molar-refractivity contribution is 0.402. The molecular formula is C19H24N4. The van der Waals surface area contributed by atoms with Gasteiger partial charge in [0.25, 0.3) is 0 Å². The van der Waals surface area contributed by atoms with Gasteiger partial charge in [-0.2, -0.15) is 0 Å². The van der Waals surface area contributed by atoms with Crippen LogP contribution in [0.2, 0.25) is 0 Å². The maximum absolute atomic E-state index is 4.72. The van der Waals surface area contributed by atoms with Crippen molar-refractivity contribution in [2.45, 2.75) is 20.0 Å². The van der Waals surface area contributed by atoms with Gasteiger partial charge in [-0.25, -0.2) is 4.98 Å². The predicted octanol–water partition coefficient (Wildman–Crippen LogP) is 3.56. The van der Waals surface area contributed by atoms with Crippen molar-refractivity contribution < 1.29 is 0 Å². The van der Waals surface area contributed by atoms with Crippen LogP contribution >= 0.6 is 0 Å². The van der Waals surface area contributed by atoms with Crippen LogP contribution in [-0.2, 0) is 20.1 Å². The van der Waals surface area contributed by atoms with E-state index < -0.39 is 0 Å². The summed E-state index contributed by atoms with van der Waals surface area (Å²) >= 11 is 0. The lowest BCUT2D eigenvalue weighted by atomic mass is 10.1. The predicted molar refractivity (Wildman–Crippen MR) is 96.6 cm³/mol. The third-order valence-corrected chi connectivity index (χ3v) is 4.12. The summed E-state index contributed by atoms with van der Waals surface area (Å²) in [6.07, 6.45) is 0. The minimum atomic E-state index is 0.720. The van der Waals surface area contributed by atoms with E-state index in [1.807, 2.05) is 6.07 Å². The Morgan fingerprint density at radius 1 is 1.13 bits per heavy atom. The number of aromatic nitrogens is 2. The van der Waals surface area contributed by atoms with Gasteiger partial charge in [-0.1, -0.05) is 24.3 Å². The molecule has 3 aromatic rings. The van der Waals surface area contributed by atoms with Gasteiger partial charge in [-0.3, -0.25) is 0 Å². The molecule has 2 aromatic carbocycles. The molecule has 0 radical (unpaired) electrons. The molecule has 1 N–H and O–H groups in total. The molecule has 1 aromatic heterocycles. The van der Waals surface area contributed by atoms with Crippen LogP contribution in [0, 0.1) is 6.92 Å². The topological polar surface area (TPSA) is 33.1 Å². The van der Waals surface area contributed by atoms with Crippen molar-refractivity contribution in [2.75, 3.05) is 19.4 Å². The van der Waals surface area contributed by atoms with Gasteiger partial charge >= 0.3 is 0 Å². The molecule has 0 aliphatic rings. The highest BCUT2D eigenvalue weighted by molar-refractivity contribution is 5.75. The van der Waals surface area contributed by atoms with E-state index in [1.165, 1.54) is 22.3 Å². The van der Waals surface area contributed by atoms with E-state index in [9.17, 15) is 0 Å². The Bertz CT molecular complexity index is 817. The van der Waals surface area contributed by atoms with Crippen molar-refractivity contribution in [3.8, 4) is 0 Å². The standard InChI is InChI=1S/C19H24N4/c1-14-9-10-15(13-22(2)3)11-17(14)20-12-19-21-16-7-5-6-8-18(16)23(19)4/h5-11,20H,12-13H2,1-4H3. The number of fused-ring (bicyclic) bond motifs is 1. The van der Waals surface area contributed by atoms with Crippen molar-refractivity contribution in [2.24, 2.45) is 7.05 Å². The van der Waals surface area contributed by atoms with Crippen LogP contribution in [0.5, 0.6) is 0 Å². The Morgan fingerprint density at radius 3 is 2.65 bits per heavy atom. The Balaban J connectivity index is 1.80. The number of anilines is 1. The van der Waals surface area contributed by atoms with E-state index >= 15 is 0 Å². The largest absolute Gasteiger partial charge is 0.378 e. The smallest absolute Gasteiger partial charge is 0.128 e. The second-order valence-electron chi connectivity index (χ2n) is 6.32. The highest BCUT2D eigenvalue weighted by Gasteiger charge is 2.08. The first-order chi connectivity index (χ1) is 11.0. The molecule has 0 saturated heterocycles. The Kier molecular flexibility index (Phi) is 4.35. The summed E-state index contributed by atoms with van der Waals surface area (Å²) in [5.74, 6) is 1.05. The molecule has 0 unspecified atom stereocenters. The maximum Gasteiger partial charge on any atom is 0.128 e. The summed E-state index contributed by atoms with van der Waals surface area (Å²) in [7, 11) is 6.25. The summed E-state index contributed by atoms with van der Waals surface area (Å²) < 4.78 is 2.15. The Labute approximate surface area is 137 Å². The molecule has 3 rings (SSSR count). The summed E-state index contributed by atoms with van der Waals surface area (Å²) in [4.78, 5) is 6.90. The van der Waals surface area contributed by atoms with Gasteiger partial charge < -0.3 is 14.8 Å². The Morgan fingerprint density at radius 2 is 1.91 bits per heavy atom. The number of benzene rings is 2. The van der Waals surface area contributed by atoms with E-state index in [-0.39, 0.29) is 0 Å². The van der Waals surface area contributed by atoms with Crippen molar-refractivity contribution in [3.05, 3.63) is 59.4 Å². The maximum atomic E-state index is 4.72. The number of rotatable bonds is 5. The fourth-order valence-electron chi connectivity index (χ4n) is 2.85. The normalized spacial score (nSPS) is 11.3. The molecule has 120 valence electrons. The number of nitrogens with zero attached hydrogens (tertiary/aromatic N) is 3. The van der Waals surface area contributed by atoms with E-state index in [0.29, 0.717) is 0 Å². The van der Waals surface area contributed by atoms with Crippen molar-refractivity contribution in [1.29, 1.82) is 0 Å². The lowest BCUT2D eigenvalue weighted by Crippen LogP contribution is -2.11. The molecule has 23 heavy (non-hydrogen) atoms. The third kappa shape index (κ3) is 3.37. The first kappa shape index (κ1) is 15.6. The van der Waals surface area contributed by atoms with Crippen LogP contribution < -0.4 is 5.32 Å². The molecule has 0 amide bonds. The number of para-hydroxylation sites is 2. The highest BCUT2D eigenvalue weighted by atomic mass is 15.1. The molecule has 0 bridgehead atoms. The number of nitrogens with one attached hydrogen (secondary N) is 1. The number of hydrogen-bond acceptors (Lipinski definition) is 3. The van der Waals surface area contributed by atoms with Gasteiger partial charge in [-0.15, -0.1) is 0 Å². The molecule has 4 nitrogen and oxygen atoms in total. The molecule has 0 spiro atoms. The van der Waals surface area contributed by atoms with Gasteiger partial charge in [0.15, 0.2) is 0 Å². The zero-order chi connectivity index (χ0) is 16.4. The SMILES string of the molecule is Cc1ccc(CN(C)C)cc1NCc1nc2ccccc2n1C. The highest BCUT2D eigenvalue weighted by Crippen LogP contribution is 2.20. The van der Waals surface area contributed by atoms with E-state index in [2.05, 4.69) is 79.2 Å². The molecular weight excluding hydrogens is 284 g/mol. The monoisotopic (exact) mass is 308 g/mol. The molecule has 0 aliphatic heterocycles. The summed E-state index contributed by atoms with van der Waals surface area (Å²) in [5.41, 5.74) is 5.96. The van der Waals surface area contributed by atoms with Gasteiger partial charge in [0, 0.05) is 19.3 Å². The van der Waals surface area contributed by atoms with Gasteiger partial charge in [0.05, 0.1) is 17.6 Å². The quantitative estimate of drug-likeness (QED) is 0.782. The van der Waals surface area contributed by atoms with Gasteiger partial charge in [-0.05, 0) is 50.3 Å². The van der Waals surface area contributed by atoms with Crippen molar-refractivity contribution in [3.63, 3.8) is 0 Å². The minimum Gasteiger partial charge on any atom is -0.378 e. The molecule has 4 heteroatoms. The Hall–Kier alpha value is -2.33. The second kappa shape index (κ2) is 6.42. The van der Waals surface area contributed by atoms with Crippen LogP contribution in [0.1, 0.15) is 17.0 Å².